The van der Waals surface area contributed by atoms with E-state index in [-0.39, 0.29) is 30.8 Å². The summed E-state index contributed by atoms with van der Waals surface area (Å²) in [7, 11) is -5.28. The van der Waals surface area contributed by atoms with Gasteiger partial charge in [-0.25, -0.2) is 0 Å². The molecule has 0 aliphatic rings. The first-order valence-corrected chi connectivity index (χ1v) is 10.8. The van der Waals surface area contributed by atoms with Crippen LogP contribution in [0.4, 0.5) is 5.82 Å². The fraction of sp³-hybridized carbons (Fsp3) is 0.643. The van der Waals surface area contributed by atoms with Crippen LogP contribution in [-0.4, -0.2) is 46.5 Å². The zero-order valence-corrected chi connectivity index (χ0v) is 17.1. The molecule has 2 rings (SSSR count). The van der Waals surface area contributed by atoms with E-state index in [0.717, 1.165) is 0 Å². The molecule has 11 heteroatoms. The fourth-order valence-corrected chi connectivity index (χ4v) is 6.55. The molecule has 0 radical (unpaired) electrons. The van der Waals surface area contributed by atoms with Gasteiger partial charge in [-0.1, -0.05) is 0 Å². The van der Waals surface area contributed by atoms with E-state index in [1.165, 1.54) is 6.33 Å². The maximum absolute atomic E-state index is 10.5. The van der Waals surface area contributed by atoms with Crippen molar-refractivity contribution in [2.45, 2.75) is 39.9 Å². The summed E-state index contributed by atoms with van der Waals surface area (Å²) in [6, 6.07) is 0. The van der Waals surface area contributed by atoms with Gasteiger partial charge in [0.25, 0.3) is 0 Å². The Hall–Kier alpha value is -0.900. The van der Waals surface area contributed by atoms with Crippen molar-refractivity contribution in [3.8, 4) is 0 Å². The van der Waals surface area contributed by atoms with Crippen molar-refractivity contribution in [1.82, 2.24) is 19.5 Å². The van der Waals surface area contributed by atoms with Crippen LogP contribution in [0.3, 0.4) is 0 Å². The van der Waals surface area contributed by atoms with Crippen LogP contribution in [-0.2, 0) is 11.1 Å². The molecule has 0 spiro atoms. The van der Waals surface area contributed by atoms with Crippen LogP contribution in [0, 0.1) is 11.8 Å². The van der Waals surface area contributed by atoms with Crippen LogP contribution in [0.25, 0.3) is 11.2 Å². The molecule has 0 amide bonds. The van der Waals surface area contributed by atoms with Gasteiger partial charge in [-0.05, 0) is 0 Å². The van der Waals surface area contributed by atoms with Gasteiger partial charge in [0.1, 0.15) is 0 Å². The van der Waals surface area contributed by atoms with Crippen molar-refractivity contribution >= 4 is 40.4 Å². The molecular formula is C14H25BrN5O4P. The molecule has 0 saturated carbocycles. The van der Waals surface area contributed by atoms with Gasteiger partial charge in [0.2, 0.25) is 0 Å². The van der Waals surface area contributed by atoms with Gasteiger partial charge in [0.15, 0.2) is 0 Å². The quantitative estimate of drug-likeness (QED) is 0.381. The second-order valence-corrected chi connectivity index (χ2v) is 10.2. The Bertz CT molecular complexity index is 751. The van der Waals surface area contributed by atoms with Gasteiger partial charge in [-0.15, -0.1) is 0 Å². The van der Waals surface area contributed by atoms with E-state index in [9.17, 15) is 14.7 Å². The summed E-state index contributed by atoms with van der Waals surface area (Å²) in [5.41, 5.74) is 5.92. The SMILES string of the molecule is CC(C)C(C(C)C)P(O)(O)(O)OCCn1c(Br)nc2c(N)ncnc21. The second kappa shape index (κ2) is 7.02. The number of imidazole rings is 1. The number of rotatable bonds is 7. The summed E-state index contributed by atoms with van der Waals surface area (Å²) in [4.78, 5) is 43.7. The van der Waals surface area contributed by atoms with Crippen LogP contribution in [0.2, 0.25) is 0 Å². The number of halogens is 1. The van der Waals surface area contributed by atoms with Gasteiger partial charge in [0, 0.05) is 0 Å². The van der Waals surface area contributed by atoms with Crippen LogP contribution >= 0.6 is 23.4 Å². The summed E-state index contributed by atoms with van der Waals surface area (Å²) in [5, 5.41) is 0. The first-order chi connectivity index (χ1) is 11.4. The molecule has 5 N–H and O–H groups in total. The Balaban J connectivity index is 2.20. The first kappa shape index (κ1) is 20.4. The van der Waals surface area contributed by atoms with Crippen molar-refractivity contribution in [3.63, 3.8) is 0 Å². The third-order valence-corrected chi connectivity index (χ3v) is 7.57. The molecule has 0 aromatic carbocycles. The monoisotopic (exact) mass is 437 g/mol. The zero-order chi connectivity index (χ0) is 19.0. The van der Waals surface area contributed by atoms with Crippen molar-refractivity contribution < 1.29 is 19.2 Å². The summed E-state index contributed by atoms with van der Waals surface area (Å²) >= 11 is 3.31. The van der Waals surface area contributed by atoms with Crippen molar-refractivity contribution in [1.29, 1.82) is 0 Å². The summed E-state index contributed by atoms with van der Waals surface area (Å²) in [6.45, 7) is 7.33. The van der Waals surface area contributed by atoms with E-state index < -0.39 is 13.2 Å². The number of nitrogens with zero attached hydrogens (tertiary/aromatic N) is 4. The fourth-order valence-electron chi connectivity index (χ4n) is 3.33. The van der Waals surface area contributed by atoms with Crippen LogP contribution in [0.5, 0.6) is 0 Å². The average Bonchev–Trinajstić information content (AvgIpc) is 2.74. The minimum absolute atomic E-state index is 0.134. The number of nitrogen functional groups attached to an aromatic ring is 1. The van der Waals surface area contributed by atoms with Crippen molar-refractivity contribution in [2.75, 3.05) is 12.3 Å². The maximum atomic E-state index is 10.5. The number of aromatic nitrogens is 4. The Kier molecular flexibility index (Phi) is 5.73. The molecular weight excluding hydrogens is 413 g/mol. The Morgan fingerprint density at radius 3 is 2.36 bits per heavy atom. The molecule has 0 aliphatic carbocycles. The zero-order valence-electron chi connectivity index (χ0n) is 14.7. The molecule has 2 heterocycles. The number of hydrogen-bond donors (Lipinski definition) is 4. The van der Waals surface area contributed by atoms with Crippen molar-refractivity contribution in [3.05, 3.63) is 11.1 Å². The molecule has 2 aromatic rings. The molecule has 0 atom stereocenters. The topological polar surface area (TPSA) is 140 Å². The predicted molar refractivity (Wildman–Crippen MR) is 100 cm³/mol. The van der Waals surface area contributed by atoms with E-state index in [4.69, 9.17) is 10.3 Å². The average molecular weight is 438 g/mol. The normalized spacial score (nSPS) is 14.6. The van der Waals surface area contributed by atoms with E-state index in [0.29, 0.717) is 15.9 Å². The molecule has 25 heavy (non-hydrogen) atoms. The third kappa shape index (κ3) is 4.27. The molecule has 142 valence electrons. The van der Waals surface area contributed by atoms with Crippen LogP contribution in [0.1, 0.15) is 27.7 Å². The Morgan fingerprint density at radius 1 is 1.20 bits per heavy atom. The molecule has 0 bridgehead atoms. The van der Waals surface area contributed by atoms with Gasteiger partial charge < -0.3 is 0 Å². The summed E-state index contributed by atoms with van der Waals surface area (Å²) in [5.74, 6) is -0.0758. The van der Waals surface area contributed by atoms with Crippen LogP contribution in [0.15, 0.2) is 11.1 Å². The first-order valence-electron chi connectivity index (χ1n) is 7.96. The Morgan fingerprint density at radius 2 is 1.80 bits per heavy atom. The van der Waals surface area contributed by atoms with Crippen molar-refractivity contribution in [2.24, 2.45) is 11.8 Å². The number of anilines is 1. The molecule has 2 aromatic heterocycles. The molecule has 0 aliphatic heterocycles. The van der Waals surface area contributed by atoms with E-state index in [1.807, 2.05) is 27.7 Å². The minimum atomic E-state index is -5.28. The molecule has 0 fully saturated rings. The number of nitrogens with two attached hydrogens (primary N) is 1. The van der Waals surface area contributed by atoms with E-state index in [1.54, 1.807) is 4.57 Å². The van der Waals surface area contributed by atoms with Gasteiger partial charge in [-0.2, -0.15) is 0 Å². The van der Waals surface area contributed by atoms with E-state index in [2.05, 4.69) is 30.9 Å². The van der Waals surface area contributed by atoms with Gasteiger partial charge in [0.05, 0.1) is 0 Å². The Labute approximate surface area is 154 Å². The van der Waals surface area contributed by atoms with Crippen LogP contribution < -0.4 is 5.73 Å². The molecule has 0 unspecified atom stereocenters. The molecule has 9 nitrogen and oxygen atoms in total. The second-order valence-electron chi connectivity index (χ2n) is 6.74. The van der Waals surface area contributed by atoms with Gasteiger partial charge >= 0.3 is 154 Å². The standard InChI is InChI=1S/C14H25BrN5O4P/c1-8(2)11(9(3)4)25(21,22,23)24-6-5-20-13-10(19-14(20)15)12(16)17-7-18-13/h7-9,11,21-23H,5-6H2,1-4H3,(H2,16,17,18). The molecule has 0 saturated heterocycles. The summed E-state index contributed by atoms with van der Waals surface area (Å²) < 4.78 is 7.37. The van der Waals surface area contributed by atoms with Gasteiger partial charge in [-0.3, -0.25) is 0 Å². The predicted octanol–water partition coefficient (Wildman–Crippen LogP) is 2.06. The number of hydrogen-bond acceptors (Lipinski definition) is 8. The third-order valence-electron chi connectivity index (χ3n) is 4.06. The van der Waals surface area contributed by atoms with E-state index >= 15 is 0 Å². The number of fused-ring (bicyclic) bond motifs is 1. The summed E-state index contributed by atoms with van der Waals surface area (Å²) in [6.07, 6.45) is 1.32.